The van der Waals surface area contributed by atoms with Crippen molar-refractivity contribution in [3.63, 3.8) is 0 Å². The molecular weight excluding hydrogens is 329 g/mol. The normalized spacial score (nSPS) is 10.4. The van der Waals surface area contributed by atoms with E-state index < -0.39 is 11.7 Å². The van der Waals surface area contributed by atoms with E-state index in [1.807, 2.05) is 0 Å². The minimum atomic E-state index is -0.780. The highest BCUT2D eigenvalue weighted by Crippen LogP contribution is 2.12. The first-order chi connectivity index (χ1) is 9.60. The predicted molar refractivity (Wildman–Crippen MR) is 72.6 cm³/mol. The van der Waals surface area contributed by atoms with Crippen molar-refractivity contribution in [2.24, 2.45) is 5.10 Å². The number of amides is 1. The average molecular weight is 336 g/mol. The van der Waals surface area contributed by atoms with Crippen molar-refractivity contribution in [1.82, 2.24) is 5.43 Å². The van der Waals surface area contributed by atoms with Gasteiger partial charge >= 0.3 is 0 Å². The van der Waals surface area contributed by atoms with Gasteiger partial charge in [-0.3, -0.25) is 4.79 Å². The van der Waals surface area contributed by atoms with Crippen molar-refractivity contribution < 1.29 is 13.6 Å². The topological polar surface area (TPSA) is 78.4 Å². The third-order valence-corrected chi connectivity index (χ3v) is 2.72. The van der Waals surface area contributed by atoms with Gasteiger partial charge in [0, 0.05) is 0 Å². The van der Waals surface area contributed by atoms with E-state index in [4.69, 9.17) is 9.68 Å². The van der Waals surface area contributed by atoms with Gasteiger partial charge in [0.2, 0.25) is 0 Å². The van der Waals surface area contributed by atoms with Crippen LogP contribution < -0.4 is 5.43 Å². The second-order valence-corrected chi connectivity index (χ2v) is 4.43. The third-order valence-electron chi connectivity index (χ3n) is 2.29. The lowest BCUT2D eigenvalue weighted by atomic mass is 10.1. The Morgan fingerprint density at radius 3 is 2.85 bits per heavy atom. The first-order valence-corrected chi connectivity index (χ1v) is 6.18. The monoisotopic (exact) mass is 335 g/mol. The fourth-order valence-electron chi connectivity index (χ4n) is 1.38. The quantitative estimate of drug-likeness (QED) is 0.691. The lowest BCUT2D eigenvalue weighted by Crippen LogP contribution is -2.19. The Kier molecular flexibility index (Phi) is 4.27. The van der Waals surface area contributed by atoms with E-state index in [0.717, 1.165) is 6.07 Å². The zero-order valence-corrected chi connectivity index (χ0v) is 11.5. The summed E-state index contributed by atoms with van der Waals surface area (Å²) in [5.41, 5.74) is 2.12. The number of nitrogens with zero attached hydrogens (tertiary/aromatic N) is 2. The Morgan fingerprint density at radius 2 is 2.25 bits per heavy atom. The molecule has 0 radical (unpaired) electrons. The number of nitriles is 1. The van der Waals surface area contributed by atoms with Crippen molar-refractivity contribution in [1.29, 1.82) is 5.26 Å². The van der Waals surface area contributed by atoms with Crippen LogP contribution in [0, 0.1) is 17.1 Å². The minimum absolute atomic E-state index is 0.142. The number of hydrazone groups is 1. The molecule has 0 aliphatic carbocycles. The summed E-state index contributed by atoms with van der Waals surface area (Å²) in [5.74, 6) is -1.07. The average Bonchev–Trinajstić information content (AvgIpc) is 2.84. The van der Waals surface area contributed by atoms with Gasteiger partial charge in [0.1, 0.15) is 11.6 Å². The number of halogens is 2. The molecule has 1 N–H and O–H groups in total. The Morgan fingerprint density at radius 1 is 1.45 bits per heavy atom. The van der Waals surface area contributed by atoms with Crippen molar-refractivity contribution in [3.05, 3.63) is 57.7 Å². The van der Waals surface area contributed by atoms with Crippen molar-refractivity contribution in [2.45, 2.75) is 0 Å². The van der Waals surface area contributed by atoms with Crippen LogP contribution in [-0.4, -0.2) is 12.1 Å². The molecule has 0 unspecified atom stereocenters. The zero-order valence-electron chi connectivity index (χ0n) is 9.93. The number of hydrogen-bond acceptors (Lipinski definition) is 4. The number of carbonyl (C=O) groups is 1. The van der Waals surface area contributed by atoms with Crippen LogP contribution in [0.3, 0.4) is 0 Å². The van der Waals surface area contributed by atoms with E-state index in [1.165, 1.54) is 18.3 Å². The van der Waals surface area contributed by atoms with Crippen molar-refractivity contribution >= 4 is 28.1 Å². The molecule has 7 heteroatoms. The predicted octanol–water partition coefficient (Wildman–Crippen LogP) is 2.82. The van der Waals surface area contributed by atoms with E-state index in [9.17, 15) is 9.18 Å². The molecule has 100 valence electrons. The third kappa shape index (κ3) is 3.30. The van der Waals surface area contributed by atoms with E-state index in [1.54, 1.807) is 18.2 Å². The summed E-state index contributed by atoms with van der Waals surface area (Å²) in [6.07, 6.45) is 1.28. The number of hydrogen-bond donors (Lipinski definition) is 1. The Balaban J connectivity index is 2.05. The Hall–Kier alpha value is -2.46. The molecule has 0 atom stereocenters. The molecule has 1 aromatic carbocycles. The Labute approximate surface area is 121 Å². The van der Waals surface area contributed by atoms with E-state index in [0.29, 0.717) is 10.4 Å². The van der Waals surface area contributed by atoms with Gasteiger partial charge in [-0.25, -0.2) is 9.82 Å². The van der Waals surface area contributed by atoms with Gasteiger partial charge in [0.05, 0.1) is 23.4 Å². The van der Waals surface area contributed by atoms with Gasteiger partial charge in [0.25, 0.3) is 5.91 Å². The van der Waals surface area contributed by atoms with Gasteiger partial charge < -0.3 is 4.42 Å². The molecule has 5 nitrogen and oxygen atoms in total. The van der Waals surface area contributed by atoms with Gasteiger partial charge in [-0.05, 0) is 46.3 Å². The molecule has 2 aromatic rings. The lowest BCUT2D eigenvalue weighted by molar-refractivity contribution is 0.0951. The molecule has 0 aliphatic rings. The number of carbonyl (C=O) groups excluding carboxylic acids is 1. The van der Waals surface area contributed by atoms with Crippen molar-refractivity contribution in [2.75, 3.05) is 0 Å². The fourth-order valence-corrected chi connectivity index (χ4v) is 1.70. The number of furan rings is 1. The number of nitrogens with one attached hydrogen (secondary N) is 1. The van der Waals surface area contributed by atoms with Crippen LogP contribution in [-0.2, 0) is 0 Å². The van der Waals surface area contributed by atoms with Gasteiger partial charge in [0.15, 0.2) is 4.67 Å². The second-order valence-electron chi connectivity index (χ2n) is 3.65. The summed E-state index contributed by atoms with van der Waals surface area (Å²) >= 11 is 3.12. The highest BCUT2D eigenvalue weighted by molar-refractivity contribution is 9.10. The molecule has 0 saturated carbocycles. The van der Waals surface area contributed by atoms with Crippen molar-refractivity contribution in [3.8, 4) is 6.07 Å². The smallest absolute Gasteiger partial charge is 0.274 e. The van der Waals surface area contributed by atoms with Gasteiger partial charge in [-0.1, -0.05) is 0 Å². The number of benzene rings is 1. The fraction of sp³-hybridized carbons (Fsp3) is 0. The van der Waals surface area contributed by atoms with E-state index >= 15 is 0 Å². The maximum absolute atomic E-state index is 13.6. The van der Waals surface area contributed by atoms with Crippen LogP contribution in [0.2, 0.25) is 0 Å². The largest absolute Gasteiger partial charge is 0.448 e. The summed E-state index contributed by atoms with van der Waals surface area (Å²) in [6.45, 7) is 0. The van der Waals surface area contributed by atoms with Crippen LogP contribution in [0.5, 0.6) is 0 Å². The van der Waals surface area contributed by atoms with Crippen LogP contribution in [0.15, 0.2) is 44.5 Å². The summed E-state index contributed by atoms with van der Waals surface area (Å²) in [4.78, 5) is 11.7. The standard InChI is InChI=1S/C13H7BrFN3O2/c14-12-4-2-9(20-12)7-17-18-13(19)10-3-1-8(6-16)5-11(10)15/h1-5,7H,(H,18,19)/b17-7+. The summed E-state index contributed by atoms with van der Waals surface area (Å²) < 4.78 is 19.2. The molecule has 1 amide bonds. The maximum atomic E-state index is 13.6. The van der Waals surface area contributed by atoms with Crippen LogP contribution in [0.25, 0.3) is 0 Å². The Bertz CT molecular complexity index is 719. The SMILES string of the molecule is N#Cc1ccc(C(=O)N/N=C/c2ccc(Br)o2)c(F)c1. The van der Waals surface area contributed by atoms with Crippen LogP contribution in [0.1, 0.15) is 21.7 Å². The summed E-state index contributed by atoms with van der Waals surface area (Å²) in [7, 11) is 0. The number of rotatable bonds is 3. The van der Waals surface area contributed by atoms with Gasteiger partial charge in [-0.2, -0.15) is 10.4 Å². The minimum Gasteiger partial charge on any atom is -0.448 e. The lowest BCUT2D eigenvalue weighted by Gasteiger charge is -2.01. The first kappa shape index (κ1) is 14.0. The first-order valence-electron chi connectivity index (χ1n) is 5.38. The zero-order chi connectivity index (χ0) is 14.5. The van der Waals surface area contributed by atoms with Crippen LogP contribution >= 0.6 is 15.9 Å². The molecule has 2 rings (SSSR count). The molecule has 20 heavy (non-hydrogen) atoms. The molecular formula is C13H7BrFN3O2. The molecule has 0 spiro atoms. The van der Waals surface area contributed by atoms with E-state index in [2.05, 4.69) is 26.5 Å². The molecule has 0 bridgehead atoms. The molecule has 0 fully saturated rings. The van der Waals surface area contributed by atoms with Gasteiger partial charge in [-0.15, -0.1) is 0 Å². The maximum Gasteiger partial charge on any atom is 0.274 e. The van der Waals surface area contributed by atoms with E-state index in [-0.39, 0.29) is 11.1 Å². The van der Waals surface area contributed by atoms with Crippen LogP contribution in [0.4, 0.5) is 4.39 Å². The summed E-state index contributed by atoms with van der Waals surface area (Å²) in [5, 5.41) is 12.3. The highest BCUT2D eigenvalue weighted by Gasteiger charge is 2.11. The molecule has 1 aromatic heterocycles. The molecule has 0 aliphatic heterocycles. The second kappa shape index (κ2) is 6.12. The highest BCUT2D eigenvalue weighted by atomic mass is 79.9. The summed E-state index contributed by atoms with van der Waals surface area (Å²) in [6, 6.07) is 8.66. The molecule has 0 saturated heterocycles. The molecule has 1 heterocycles.